The molecule has 6 nitrogen and oxygen atoms in total. The van der Waals surface area contributed by atoms with Crippen molar-refractivity contribution in [2.24, 2.45) is 10.4 Å². The van der Waals surface area contributed by atoms with Crippen LogP contribution in [-0.2, 0) is 9.53 Å². The fraction of sp³-hybridized carbons (Fsp3) is 0.882. The third-order valence-corrected chi connectivity index (χ3v) is 4.43. The molecule has 0 atom stereocenters. The second kappa shape index (κ2) is 13.7. The molecule has 0 aromatic heterocycles. The van der Waals surface area contributed by atoms with Crippen molar-refractivity contribution in [1.29, 1.82) is 0 Å². The molecule has 0 radical (unpaired) electrons. The summed E-state index contributed by atoms with van der Waals surface area (Å²) in [5.74, 6) is 0.696. The molecule has 7 heteroatoms. The van der Waals surface area contributed by atoms with Gasteiger partial charge in [0, 0.05) is 33.4 Å². The number of nitrogens with one attached hydrogen (secondary N) is 3. The number of aliphatic imine (C=N–C) groups is 1. The maximum atomic E-state index is 11.7. The van der Waals surface area contributed by atoms with E-state index in [4.69, 9.17) is 4.74 Å². The first-order valence-electron chi connectivity index (χ1n) is 8.93. The van der Waals surface area contributed by atoms with Crippen molar-refractivity contribution in [3.63, 3.8) is 0 Å². The standard InChI is InChI=1S/C17H34N4O2.HI/c1-4-11-19-15(22)13-20-16(18-5-2)21-14-17(10-12-23-3)8-6-7-9-17;/h4-14H2,1-3H3,(H,19,22)(H2,18,20,21);1H. The lowest BCUT2D eigenvalue weighted by atomic mass is 9.83. The van der Waals surface area contributed by atoms with E-state index in [0.29, 0.717) is 12.0 Å². The molecule has 0 bridgehead atoms. The van der Waals surface area contributed by atoms with E-state index in [0.717, 1.165) is 38.5 Å². The summed E-state index contributed by atoms with van der Waals surface area (Å²) >= 11 is 0. The summed E-state index contributed by atoms with van der Waals surface area (Å²) in [5.41, 5.74) is 0.302. The number of methoxy groups -OCH3 is 1. The van der Waals surface area contributed by atoms with Crippen LogP contribution in [0.4, 0.5) is 0 Å². The minimum absolute atomic E-state index is 0. The highest BCUT2D eigenvalue weighted by Gasteiger charge is 2.33. The van der Waals surface area contributed by atoms with E-state index >= 15 is 0 Å². The van der Waals surface area contributed by atoms with Crippen molar-refractivity contribution < 1.29 is 9.53 Å². The predicted octanol–water partition coefficient (Wildman–Crippen LogP) is 2.28. The van der Waals surface area contributed by atoms with Gasteiger partial charge >= 0.3 is 0 Å². The fourth-order valence-corrected chi connectivity index (χ4v) is 3.04. The first-order chi connectivity index (χ1) is 11.2. The Morgan fingerprint density at radius 2 is 1.88 bits per heavy atom. The van der Waals surface area contributed by atoms with Crippen molar-refractivity contribution in [3.8, 4) is 0 Å². The lowest BCUT2D eigenvalue weighted by Crippen LogP contribution is -2.44. The highest BCUT2D eigenvalue weighted by molar-refractivity contribution is 14.0. The van der Waals surface area contributed by atoms with E-state index in [1.165, 1.54) is 25.7 Å². The van der Waals surface area contributed by atoms with Crippen LogP contribution in [0.5, 0.6) is 0 Å². The number of hydrogen-bond acceptors (Lipinski definition) is 3. The van der Waals surface area contributed by atoms with Gasteiger partial charge in [-0.3, -0.25) is 4.79 Å². The Hall–Kier alpha value is -0.570. The molecule has 0 saturated heterocycles. The highest BCUT2D eigenvalue weighted by atomic mass is 127. The molecule has 0 spiro atoms. The molecule has 1 amide bonds. The molecule has 1 saturated carbocycles. The first kappa shape index (κ1) is 23.4. The zero-order chi connectivity index (χ0) is 17.0. The fourth-order valence-electron chi connectivity index (χ4n) is 3.04. The van der Waals surface area contributed by atoms with Crippen molar-refractivity contribution in [1.82, 2.24) is 16.0 Å². The molecule has 1 aliphatic rings. The van der Waals surface area contributed by atoms with Gasteiger partial charge in [-0.2, -0.15) is 0 Å². The van der Waals surface area contributed by atoms with Gasteiger partial charge < -0.3 is 20.7 Å². The van der Waals surface area contributed by atoms with Gasteiger partial charge in [0.2, 0.25) is 5.91 Å². The van der Waals surface area contributed by atoms with Gasteiger partial charge in [-0.1, -0.05) is 19.8 Å². The number of halogens is 1. The first-order valence-corrected chi connectivity index (χ1v) is 8.93. The Kier molecular flexibility index (Phi) is 13.4. The molecule has 24 heavy (non-hydrogen) atoms. The minimum Gasteiger partial charge on any atom is -0.385 e. The van der Waals surface area contributed by atoms with Crippen molar-refractivity contribution in [3.05, 3.63) is 0 Å². The summed E-state index contributed by atoms with van der Waals surface area (Å²) in [7, 11) is 1.76. The number of hydrogen-bond donors (Lipinski definition) is 3. The van der Waals surface area contributed by atoms with Crippen molar-refractivity contribution >= 4 is 35.8 Å². The SMILES string of the molecule is CCCNC(=O)CN=C(NCC)NCC1(CCOC)CCCC1.I. The van der Waals surface area contributed by atoms with E-state index in [2.05, 4.69) is 20.9 Å². The van der Waals surface area contributed by atoms with E-state index in [-0.39, 0.29) is 36.4 Å². The van der Waals surface area contributed by atoms with E-state index in [1.807, 2.05) is 13.8 Å². The molecule has 1 aliphatic carbocycles. The zero-order valence-electron chi connectivity index (χ0n) is 15.5. The van der Waals surface area contributed by atoms with Gasteiger partial charge in [0.05, 0.1) is 0 Å². The molecule has 3 N–H and O–H groups in total. The van der Waals surface area contributed by atoms with Crippen LogP contribution in [0.3, 0.4) is 0 Å². The third-order valence-electron chi connectivity index (χ3n) is 4.43. The molecular weight excluding hydrogens is 419 g/mol. The van der Waals surface area contributed by atoms with Crippen molar-refractivity contribution in [2.45, 2.75) is 52.4 Å². The van der Waals surface area contributed by atoms with Gasteiger partial charge in [-0.05, 0) is 38.0 Å². The molecule has 1 fully saturated rings. The number of rotatable bonds is 10. The van der Waals surface area contributed by atoms with Gasteiger partial charge in [0.1, 0.15) is 6.54 Å². The highest BCUT2D eigenvalue weighted by Crippen LogP contribution is 2.40. The van der Waals surface area contributed by atoms with Crippen LogP contribution in [0.2, 0.25) is 0 Å². The predicted molar refractivity (Wildman–Crippen MR) is 110 cm³/mol. The summed E-state index contributed by atoms with van der Waals surface area (Å²) in [6, 6.07) is 0. The van der Waals surface area contributed by atoms with Gasteiger partial charge in [-0.25, -0.2) is 4.99 Å². The normalized spacial score (nSPS) is 16.4. The Morgan fingerprint density at radius 1 is 1.17 bits per heavy atom. The molecular formula is C17H35IN4O2. The molecule has 142 valence electrons. The number of ether oxygens (including phenoxy) is 1. The van der Waals surface area contributed by atoms with Crippen LogP contribution in [-0.4, -0.2) is 51.8 Å². The monoisotopic (exact) mass is 454 g/mol. The van der Waals surface area contributed by atoms with E-state index < -0.39 is 0 Å². The number of guanidine groups is 1. The summed E-state index contributed by atoms with van der Waals surface area (Å²) in [5, 5.41) is 9.49. The quantitative estimate of drug-likeness (QED) is 0.269. The number of nitrogens with zero attached hydrogens (tertiary/aromatic N) is 1. The van der Waals surface area contributed by atoms with Gasteiger partial charge in [-0.15, -0.1) is 24.0 Å². The smallest absolute Gasteiger partial charge is 0.241 e. The molecule has 1 rings (SSSR count). The van der Waals surface area contributed by atoms with Crippen LogP contribution in [0.15, 0.2) is 4.99 Å². The largest absolute Gasteiger partial charge is 0.385 e. The Morgan fingerprint density at radius 3 is 2.46 bits per heavy atom. The maximum Gasteiger partial charge on any atom is 0.241 e. The molecule has 0 aliphatic heterocycles. The second-order valence-electron chi connectivity index (χ2n) is 6.35. The zero-order valence-corrected chi connectivity index (χ0v) is 17.8. The topological polar surface area (TPSA) is 74.8 Å². The van der Waals surface area contributed by atoms with Crippen LogP contribution < -0.4 is 16.0 Å². The summed E-state index contributed by atoms with van der Waals surface area (Å²) in [4.78, 5) is 16.1. The number of carbonyl (C=O) groups excluding carboxylic acids is 1. The average molecular weight is 454 g/mol. The van der Waals surface area contributed by atoms with E-state index in [1.54, 1.807) is 7.11 Å². The van der Waals surface area contributed by atoms with Crippen molar-refractivity contribution in [2.75, 3.05) is 39.9 Å². The molecule has 0 heterocycles. The number of carbonyl (C=O) groups is 1. The number of amides is 1. The molecule has 0 aromatic rings. The van der Waals surface area contributed by atoms with Crippen LogP contribution in [0.25, 0.3) is 0 Å². The maximum absolute atomic E-state index is 11.7. The summed E-state index contributed by atoms with van der Waals surface area (Å²) in [6.45, 7) is 7.42. The van der Waals surface area contributed by atoms with Crippen LogP contribution in [0, 0.1) is 5.41 Å². The second-order valence-corrected chi connectivity index (χ2v) is 6.35. The van der Waals surface area contributed by atoms with Gasteiger partial charge in [0.25, 0.3) is 0 Å². The minimum atomic E-state index is -0.0287. The Bertz CT molecular complexity index is 372. The summed E-state index contributed by atoms with van der Waals surface area (Å²) < 4.78 is 5.27. The van der Waals surface area contributed by atoms with Crippen LogP contribution in [0.1, 0.15) is 52.4 Å². The third kappa shape index (κ3) is 9.05. The average Bonchev–Trinajstić information content (AvgIpc) is 3.03. The molecule has 0 unspecified atom stereocenters. The van der Waals surface area contributed by atoms with E-state index in [9.17, 15) is 4.79 Å². The Labute approximate surface area is 164 Å². The summed E-state index contributed by atoms with van der Waals surface area (Å²) in [6.07, 6.45) is 7.07. The molecule has 0 aromatic carbocycles. The lowest BCUT2D eigenvalue weighted by molar-refractivity contribution is -0.119. The van der Waals surface area contributed by atoms with Crippen LogP contribution >= 0.6 is 24.0 Å². The lowest BCUT2D eigenvalue weighted by Gasteiger charge is -2.29. The van der Waals surface area contributed by atoms with Gasteiger partial charge in [0.15, 0.2) is 5.96 Å². The Balaban J connectivity index is 0.00000529.